The monoisotopic (exact) mass is 327 g/mol. The minimum Gasteiger partial charge on any atom is -0.294 e. The number of nitriles is 1. The van der Waals surface area contributed by atoms with Crippen molar-refractivity contribution in [3.05, 3.63) is 88.6 Å². The van der Waals surface area contributed by atoms with E-state index < -0.39 is 0 Å². The van der Waals surface area contributed by atoms with Gasteiger partial charge in [0.15, 0.2) is 5.65 Å². The van der Waals surface area contributed by atoms with Gasteiger partial charge in [0.25, 0.3) is 5.56 Å². The van der Waals surface area contributed by atoms with Crippen molar-refractivity contribution in [1.29, 1.82) is 5.26 Å². The molecule has 0 aliphatic carbocycles. The van der Waals surface area contributed by atoms with Crippen LogP contribution in [0.15, 0.2) is 71.9 Å². The van der Waals surface area contributed by atoms with Crippen molar-refractivity contribution in [2.45, 2.75) is 6.54 Å². The van der Waals surface area contributed by atoms with E-state index in [9.17, 15) is 4.79 Å². The van der Waals surface area contributed by atoms with E-state index in [4.69, 9.17) is 5.26 Å². The molecule has 0 N–H and O–H groups in total. The van der Waals surface area contributed by atoms with Crippen LogP contribution in [0, 0.1) is 11.3 Å². The molecule has 6 heteroatoms. The zero-order valence-corrected chi connectivity index (χ0v) is 13.2. The molecule has 0 saturated heterocycles. The van der Waals surface area contributed by atoms with Gasteiger partial charge in [-0.3, -0.25) is 9.36 Å². The summed E-state index contributed by atoms with van der Waals surface area (Å²) in [5.41, 5.74) is 2.66. The van der Waals surface area contributed by atoms with E-state index in [1.165, 1.54) is 10.9 Å². The molecule has 0 spiro atoms. The SMILES string of the molecule is N#Cc1cccc(Cn2cnc3c(cnn3-c3ccccc3)c2=O)c1. The molecule has 0 aliphatic rings. The fourth-order valence-electron chi connectivity index (χ4n) is 2.76. The Labute approximate surface area is 143 Å². The average Bonchev–Trinajstić information content (AvgIpc) is 3.10. The third kappa shape index (κ3) is 2.68. The van der Waals surface area contributed by atoms with Gasteiger partial charge in [0.05, 0.1) is 30.1 Å². The van der Waals surface area contributed by atoms with E-state index in [0.717, 1.165) is 11.3 Å². The van der Waals surface area contributed by atoms with Crippen molar-refractivity contribution in [3.8, 4) is 11.8 Å². The summed E-state index contributed by atoms with van der Waals surface area (Å²) in [5.74, 6) is 0. The van der Waals surface area contributed by atoms with Gasteiger partial charge in [-0.2, -0.15) is 10.4 Å². The zero-order chi connectivity index (χ0) is 17.2. The smallest absolute Gasteiger partial charge is 0.264 e. The molecule has 0 aliphatic heterocycles. The molecule has 25 heavy (non-hydrogen) atoms. The summed E-state index contributed by atoms with van der Waals surface area (Å²) in [7, 11) is 0. The third-order valence-corrected chi connectivity index (χ3v) is 3.96. The molecule has 0 fully saturated rings. The Hall–Kier alpha value is -3.72. The predicted molar refractivity (Wildman–Crippen MR) is 93.4 cm³/mol. The molecule has 2 aromatic carbocycles. The lowest BCUT2D eigenvalue weighted by Crippen LogP contribution is -2.21. The van der Waals surface area contributed by atoms with E-state index in [0.29, 0.717) is 23.1 Å². The quantitative estimate of drug-likeness (QED) is 0.579. The molecule has 0 amide bonds. The average molecular weight is 327 g/mol. The highest BCUT2D eigenvalue weighted by molar-refractivity contribution is 5.74. The Morgan fingerprint density at radius 3 is 2.72 bits per heavy atom. The van der Waals surface area contributed by atoms with Crippen LogP contribution in [0.25, 0.3) is 16.7 Å². The van der Waals surface area contributed by atoms with Crippen LogP contribution in [0.3, 0.4) is 0 Å². The van der Waals surface area contributed by atoms with Gasteiger partial charge < -0.3 is 0 Å². The van der Waals surface area contributed by atoms with Crippen molar-refractivity contribution in [1.82, 2.24) is 19.3 Å². The van der Waals surface area contributed by atoms with Crippen LogP contribution in [0.4, 0.5) is 0 Å². The Bertz CT molecular complexity index is 1150. The topological polar surface area (TPSA) is 76.5 Å². The zero-order valence-electron chi connectivity index (χ0n) is 13.2. The summed E-state index contributed by atoms with van der Waals surface area (Å²) in [6.45, 7) is 0.355. The molecule has 120 valence electrons. The Morgan fingerprint density at radius 1 is 1.08 bits per heavy atom. The first-order valence-corrected chi connectivity index (χ1v) is 7.74. The van der Waals surface area contributed by atoms with Crippen LogP contribution in [-0.2, 0) is 6.54 Å². The molecule has 4 rings (SSSR count). The minimum absolute atomic E-state index is 0.158. The summed E-state index contributed by atoms with van der Waals surface area (Å²) < 4.78 is 3.17. The molecule has 0 saturated carbocycles. The summed E-state index contributed by atoms with van der Waals surface area (Å²) in [6.07, 6.45) is 3.06. The van der Waals surface area contributed by atoms with Crippen LogP contribution in [-0.4, -0.2) is 19.3 Å². The summed E-state index contributed by atoms with van der Waals surface area (Å²) in [6, 6.07) is 18.8. The molecule has 4 aromatic rings. The molecule has 0 bridgehead atoms. The standard InChI is InChI=1S/C19H13N5O/c20-10-14-5-4-6-15(9-14)12-23-13-21-18-17(19(23)25)11-22-24(18)16-7-2-1-3-8-16/h1-9,11,13H,12H2. The van der Waals surface area contributed by atoms with Crippen molar-refractivity contribution in [2.75, 3.05) is 0 Å². The maximum Gasteiger partial charge on any atom is 0.264 e. The highest BCUT2D eigenvalue weighted by Gasteiger charge is 2.11. The first kappa shape index (κ1) is 14.8. The normalized spacial score (nSPS) is 10.7. The molecule has 0 unspecified atom stereocenters. The van der Waals surface area contributed by atoms with E-state index in [1.54, 1.807) is 29.1 Å². The number of para-hydroxylation sites is 1. The molecule has 2 heterocycles. The Kier molecular flexibility index (Phi) is 3.60. The molecular formula is C19H13N5O. The lowest BCUT2D eigenvalue weighted by molar-refractivity contribution is 0.745. The van der Waals surface area contributed by atoms with Gasteiger partial charge in [0.2, 0.25) is 0 Å². The first-order valence-electron chi connectivity index (χ1n) is 7.74. The third-order valence-electron chi connectivity index (χ3n) is 3.96. The lowest BCUT2D eigenvalue weighted by Gasteiger charge is -2.07. The van der Waals surface area contributed by atoms with E-state index in [2.05, 4.69) is 16.2 Å². The number of nitrogens with zero attached hydrogens (tertiary/aromatic N) is 5. The van der Waals surface area contributed by atoms with Crippen LogP contribution < -0.4 is 5.56 Å². The number of hydrogen-bond acceptors (Lipinski definition) is 4. The van der Waals surface area contributed by atoms with Crippen molar-refractivity contribution >= 4 is 11.0 Å². The molecule has 0 atom stereocenters. The second kappa shape index (κ2) is 6.06. The fourth-order valence-corrected chi connectivity index (χ4v) is 2.76. The minimum atomic E-state index is -0.158. The highest BCUT2D eigenvalue weighted by atomic mass is 16.1. The van der Waals surface area contributed by atoms with Crippen LogP contribution in [0.2, 0.25) is 0 Å². The second-order valence-electron chi connectivity index (χ2n) is 5.62. The lowest BCUT2D eigenvalue weighted by atomic mass is 10.1. The summed E-state index contributed by atoms with van der Waals surface area (Å²) in [5, 5.41) is 13.8. The maximum absolute atomic E-state index is 12.7. The Morgan fingerprint density at radius 2 is 1.92 bits per heavy atom. The van der Waals surface area contributed by atoms with Crippen LogP contribution >= 0.6 is 0 Å². The molecular weight excluding hydrogens is 314 g/mol. The van der Waals surface area contributed by atoms with Gasteiger partial charge >= 0.3 is 0 Å². The van der Waals surface area contributed by atoms with Crippen LogP contribution in [0.5, 0.6) is 0 Å². The fraction of sp³-hybridized carbons (Fsp3) is 0.0526. The summed E-state index contributed by atoms with van der Waals surface area (Å²) in [4.78, 5) is 17.2. The largest absolute Gasteiger partial charge is 0.294 e. The second-order valence-corrected chi connectivity index (χ2v) is 5.62. The van der Waals surface area contributed by atoms with E-state index in [-0.39, 0.29) is 5.56 Å². The summed E-state index contributed by atoms with van der Waals surface area (Å²) >= 11 is 0. The van der Waals surface area contributed by atoms with Gasteiger partial charge in [-0.15, -0.1) is 0 Å². The van der Waals surface area contributed by atoms with Gasteiger partial charge in [0.1, 0.15) is 11.7 Å². The molecule has 0 radical (unpaired) electrons. The van der Waals surface area contributed by atoms with Gasteiger partial charge in [-0.05, 0) is 29.8 Å². The van der Waals surface area contributed by atoms with Crippen molar-refractivity contribution < 1.29 is 0 Å². The van der Waals surface area contributed by atoms with Gasteiger partial charge in [0, 0.05) is 0 Å². The van der Waals surface area contributed by atoms with Gasteiger partial charge in [-0.25, -0.2) is 9.67 Å². The van der Waals surface area contributed by atoms with E-state index >= 15 is 0 Å². The number of benzene rings is 2. The van der Waals surface area contributed by atoms with Gasteiger partial charge in [-0.1, -0.05) is 30.3 Å². The van der Waals surface area contributed by atoms with E-state index in [1.807, 2.05) is 36.4 Å². The predicted octanol–water partition coefficient (Wildman–Crippen LogP) is 2.50. The number of hydrogen-bond donors (Lipinski definition) is 0. The van der Waals surface area contributed by atoms with Crippen molar-refractivity contribution in [3.63, 3.8) is 0 Å². The number of fused-ring (bicyclic) bond motifs is 1. The Balaban J connectivity index is 1.77. The number of rotatable bonds is 3. The van der Waals surface area contributed by atoms with Crippen molar-refractivity contribution in [2.24, 2.45) is 0 Å². The van der Waals surface area contributed by atoms with Crippen LogP contribution in [0.1, 0.15) is 11.1 Å². The maximum atomic E-state index is 12.7. The number of aromatic nitrogens is 4. The highest BCUT2D eigenvalue weighted by Crippen LogP contribution is 2.13. The first-order chi connectivity index (χ1) is 12.3. The molecule has 2 aromatic heterocycles. The molecule has 6 nitrogen and oxygen atoms in total.